The second kappa shape index (κ2) is 12.7. The molecule has 0 amide bonds. The molecule has 0 heterocycles. The highest BCUT2D eigenvalue weighted by molar-refractivity contribution is 8.84. The molecule has 0 N–H and O–H groups in total. The van der Waals surface area contributed by atoms with Crippen LogP contribution in [0.5, 0.6) is 0 Å². The predicted octanol–water partition coefficient (Wildman–Crippen LogP) is 6.73. The van der Waals surface area contributed by atoms with Gasteiger partial charge in [0.25, 0.3) is 0 Å². The van der Waals surface area contributed by atoms with Gasteiger partial charge in [-0.15, -0.1) is 0 Å². The van der Waals surface area contributed by atoms with Gasteiger partial charge in [-0.2, -0.15) is 0 Å². The van der Waals surface area contributed by atoms with Gasteiger partial charge in [-0.05, 0) is 90.8 Å². The fourth-order valence-electron chi connectivity index (χ4n) is 2.00. The molecule has 0 aliphatic rings. The lowest BCUT2D eigenvalue weighted by Crippen LogP contribution is -2.25. The standard InChI is InChI=1S/C17H26N2S6/c1-6-18(7-2)16(20)24-22-14-10-11-15(13(5)12-14)23-25-17(21)19(8-3)9-4/h10-12H,6-9H2,1-5H3. The third-order valence-corrected chi connectivity index (χ3v) is 9.87. The van der Waals surface area contributed by atoms with E-state index in [4.69, 9.17) is 24.4 Å². The molecule has 1 aromatic rings. The number of thiocarbonyl (C=S) groups is 2. The number of benzene rings is 1. The zero-order valence-electron chi connectivity index (χ0n) is 15.4. The lowest BCUT2D eigenvalue weighted by Gasteiger charge is -2.21. The molecule has 0 saturated carbocycles. The third kappa shape index (κ3) is 7.89. The average Bonchev–Trinajstić information content (AvgIpc) is 2.61. The van der Waals surface area contributed by atoms with Crippen molar-refractivity contribution in [1.82, 2.24) is 9.80 Å². The number of rotatable bonds is 8. The Morgan fingerprint density at radius 1 is 0.840 bits per heavy atom. The first kappa shape index (κ1) is 23.4. The maximum atomic E-state index is 5.50. The molecule has 0 fully saturated rings. The van der Waals surface area contributed by atoms with Crippen molar-refractivity contribution < 1.29 is 0 Å². The van der Waals surface area contributed by atoms with Crippen molar-refractivity contribution in [3.05, 3.63) is 23.8 Å². The summed E-state index contributed by atoms with van der Waals surface area (Å²) in [7, 11) is 6.81. The van der Waals surface area contributed by atoms with Gasteiger partial charge in [-0.1, -0.05) is 35.2 Å². The number of hydrogen-bond donors (Lipinski definition) is 0. The van der Waals surface area contributed by atoms with E-state index in [0.29, 0.717) is 0 Å². The summed E-state index contributed by atoms with van der Waals surface area (Å²) in [6.07, 6.45) is 0. The van der Waals surface area contributed by atoms with Crippen LogP contribution in [-0.4, -0.2) is 44.6 Å². The molecule has 0 unspecified atom stereocenters. The van der Waals surface area contributed by atoms with Crippen molar-refractivity contribution in [2.75, 3.05) is 26.2 Å². The van der Waals surface area contributed by atoms with Crippen LogP contribution in [0.25, 0.3) is 0 Å². The third-order valence-electron chi connectivity index (χ3n) is 3.60. The van der Waals surface area contributed by atoms with Crippen LogP contribution in [0.2, 0.25) is 0 Å². The van der Waals surface area contributed by atoms with Gasteiger partial charge in [-0.25, -0.2) is 0 Å². The van der Waals surface area contributed by atoms with E-state index < -0.39 is 0 Å². The first-order valence-electron chi connectivity index (χ1n) is 8.34. The molecule has 0 aromatic heterocycles. The molecule has 0 aliphatic heterocycles. The second-order valence-electron chi connectivity index (χ2n) is 5.14. The molecule has 0 atom stereocenters. The Kier molecular flexibility index (Phi) is 11.9. The van der Waals surface area contributed by atoms with Gasteiger partial charge in [-0.3, -0.25) is 0 Å². The van der Waals surface area contributed by atoms with E-state index >= 15 is 0 Å². The van der Waals surface area contributed by atoms with Crippen LogP contribution in [0.4, 0.5) is 0 Å². The van der Waals surface area contributed by atoms with E-state index in [0.717, 1.165) is 34.8 Å². The van der Waals surface area contributed by atoms with Gasteiger partial charge in [0.05, 0.1) is 0 Å². The summed E-state index contributed by atoms with van der Waals surface area (Å²) in [5.41, 5.74) is 1.28. The molecular weight excluding hydrogens is 425 g/mol. The molecule has 8 heteroatoms. The molecule has 0 bridgehead atoms. The summed E-state index contributed by atoms with van der Waals surface area (Å²) in [4.78, 5) is 6.91. The summed E-state index contributed by atoms with van der Waals surface area (Å²) in [5, 5.41) is 0. The average molecular weight is 451 g/mol. The highest BCUT2D eigenvalue weighted by atomic mass is 33.1. The van der Waals surface area contributed by atoms with Gasteiger partial charge in [0.2, 0.25) is 0 Å². The zero-order chi connectivity index (χ0) is 18.8. The Hall–Kier alpha value is 0.400. The Balaban J connectivity index is 2.59. The Labute approximate surface area is 179 Å². The van der Waals surface area contributed by atoms with E-state index in [1.807, 2.05) is 0 Å². The summed E-state index contributed by atoms with van der Waals surface area (Å²) >= 11 is 11.0. The maximum Gasteiger partial charge on any atom is 0.147 e. The molecule has 2 nitrogen and oxygen atoms in total. The number of nitrogens with zero attached hydrogens (tertiary/aromatic N) is 2. The maximum absolute atomic E-state index is 5.50. The molecular formula is C17H26N2S6. The Morgan fingerprint density at radius 3 is 1.76 bits per heavy atom. The minimum absolute atomic E-state index is 0.950. The van der Waals surface area contributed by atoms with Crippen LogP contribution in [0.15, 0.2) is 28.0 Å². The van der Waals surface area contributed by atoms with E-state index in [1.165, 1.54) is 15.4 Å². The van der Waals surface area contributed by atoms with Crippen LogP contribution in [0, 0.1) is 6.92 Å². The van der Waals surface area contributed by atoms with Crippen molar-refractivity contribution in [3.63, 3.8) is 0 Å². The molecule has 0 aliphatic carbocycles. The normalized spacial score (nSPS) is 10.6. The van der Waals surface area contributed by atoms with Crippen molar-refractivity contribution in [2.24, 2.45) is 0 Å². The quantitative estimate of drug-likeness (QED) is 0.314. The van der Waals surface area contributed by atoms with Crippen molar-refractivity contribution in [1.29, 1.82) is 0 Å². The lowest BCUT2D eigenvalue weighted by atomic mass is 10.2. The molecule has 1 rings (SSSR count). The van der Waals surface area contributed by atoms with E-state index in [1.54, 1.807) is 43.2 Å². The lowest BCUT2D eigenvalue weighted by molar-refractivity contribution is 0.482. The largest absolute Gasteiger partial charge is 0.357 e. The molecule has 25 heavy (non-hydrogen) atoms. The van der Waals surface area contributed by atoms with E-state index in [-0.39, 0.29) is 0 Å². The van der Waals surface area contributed by atoms with Crippen LogP contribution < -0.4 is 0 Å². The SMILES string of the molecule is CCN(CC)C(=S)SSc1ccc(SSC(=S)N(CC)CC)c(C)c1. The summed E-state index contributed by atoms with van der Waals surface area (Å²) in [6, 6.07) is 6.58. The number of aryl methyl sites for hydroxylation is 1. The molecule has 0 spiro atoms. The smallest absolute Gasteiger partial charge is 0.147 e. The van der Waals surface area contributed by atoms with Gasteiger partial charge >= 0.3 is 0 Å². The first-order valence-corrected chi connectivity index (χ1v) is 13.5. The highest BCUT2D eigenvalue weighted by Crippen LogP contribution is 2.39. The van der Waals surface area contributed by atoms with Gasteiger partial charge in [0.15, 0.2) is 0 Å². The van der Waals surface area contributed by atoms with Gasteiger partial charge in [0, 0.05) is 36.0 Å². The van der Waals surface area contributed by atoms with Gasteiger partial charge < -0.3 is 9.80 Å². The predicted molar refractivity (Wildman–Crippen MR) is 129 cm³/mol. The van der Waals surface area contributed by atoms with Crippen LogP contribution in [-0.2, 0) is 0 Å². The van der Waals surface area contributed by atoms with E-state index in [9.17, 15) is 0 Å². The van der Waals surface area contributed by atoms with Crippen LogP contribution >= 0.6 is 67.6 Å². The summed E-state index contributed by atoms with van der Waals surface area (Å²) in [5.74, 6) is 0. The summed E-state index contributed by atoms with van der Waals surface area (Å²) < 4.78 is 1.90. The summed E-state index contributed by atoms with van der Waals surface area (Å²) in [6.45, 7) is 14.5. The zero-order valence-corrected chi connectivity index (χ0v) is 20.3. The topological polar surface area (TPSA) is 6.48 Å². The number of hydrogen-bond acceptors (Lipinski definition) is 6. The molecule has 140 valence electrons. The van der Waals surface area contributed by atoms with Gasteiger partial charge in [0.1, 0.15) is 8.64 Å². The van der Waals surface area contributed by atoms with Crippen LogP contribution in [0.1, 0.15) is 33.3 Å². The second-order valence-corrected chi connectivity index (χ2v) is 10.8. The molecule has 0 saturated heterocycles. The highest BCUT2D eigenvalue weighted by Gasteiger charge is 2.10. The van der Waals surface area contributed by atoms with Crippen molar-refractivity contribution in [3.8, 4) is 0 Å². The molecule has 0 radical (unpaired) electrons. The fraction of sp³-hybridized carbons (Fsp3) is 0.529. The van der Waals surface area contributed by atoms with Crippen LogP contribution in [0.3, 0.4) is 0 Å². The minimum Gasteiger partial charge on any atom is -0.357 e. The van der Waals surface area contributed by atoms with Crippen molar-refractivity contribution in [2.45, 2.75) is 44.4 Å². The first-order chi connectivity index (χ1) is 12.0. The fourth-order valence-corrected chi connectivity index (χ4v) is 7.34. The molecule has 1 aromatic carbocycles. The van der Waals surface area contributed by atoms with E-state index in [2.05, 4.69) is 62.6 Å². The minimum atomic E-state index is 0.950. The van der Waals surface area contributed by atoms with Crippen molar-refractivity contribution >= 4 is 76.3 Å². The monoisotopic (exact) mass is 450 g/mol. The Bertz CT molecular complexity index is 570. The Morgan fingerprint density at radius 2 is 1.32 bits per heavy atom.